The summed E-state index contributed by atoms with van der Waals surface area (Å²) in [7, 11) is 0. The molecule has 0 saturated carbocycles. The van der Waals surface area contributed by atoms with E-state index in [0.717, 1.165) is 0 Å². The molecule has 29 valence electrons. The van der Waals surface area contributed by atoms with Crippen LogP contribution in [-0.2, 0) is 39.4 Å². The first-order valence-corrected chi connectivity index (χ1v) is 0. The Hall–Kier alpha value is 2.10. The Labute approximate surface area is 70.3 Å². The molecule has 4 heavy (non-hydrogen) atoms. The molecular formula is H5BiFeOTa. The molecule has 0 aliphatic heterocycles. The zero-order valence-corrected chi connectivity index (χ0v) is 11.8. The molecule has 0 atom stereocenters. The third-order valence-corrected chi connectivity index (χ3v) is 0. The molecule has 0 rings (SSSR count). The second-order valence-electron chi connectivity index (χ2n) is 0. The van der Waals surface area contributed by atoms with Crippen molar-refractivity contribution in [2.45, 2.75) is 0 Å². The summed E-state index contributed by atoms with van der Waals surface area (Å²) in [6.45, 7) is 0. The van der Waals surface area contributed by atoms with Gasteiger partial charge in [0.05, 0.1) is 0 Å². The summed E-state index contributed by atoms with van der Waals surface area (Å²) >= 11 is 0. The molecule has 0 spiro atoms. The maximum Gasteiger partial charge on any atom is 0 e. The van der Waals surface area contributed by atoms with E-state index in [-0.39, 0.29) is 71.1 Å². The molecule has 0 saturated heterocycles. The molecule has 0 heterocycles. The average Bonchev–Trinajstić information content (AvgIpc) is 0. The number of hydrogen-bond donors (Lipinski definition) is 0. The van der Waals surface area contributed by atoms with Crippen molar-refractivity contribution in [1.82, 2.24) is 0 Å². The van der Waals surface area contributed by atoms with Gasteiger partial charge in [-0.2, -0.15) is 0 Å². The maximum absolute atomic E-state index is 0. The third-order valence-electron chi connectivity index (χ3n) is 0. The normalized spacial score (nSPS) is 0. The van der Waals surface area contributed by atoms with Gasteiger partial charge in [0.1, 0.15) is 0 Å². The summed E-state index contributed by atoms with van der Waals surface area (Å²) < 4.78 is 0. The summed E-state index contributed by atoms with van der Waals surface area (Å²) in [6.07, 6.45) is 0. The van der Waals surface area contributed by atoms with Gasteiger partial charge in [0.15, 0.2) is 0 Å². The Balaban J connectivity index is 0. The van der Waals surface area contributed by atoms with E-state index >= 15 is 0 Å². The van der Waals surface area contributed by atoms with Crippen LogP contribution in [0.4, 0.5) is 0 Å². The van der Waals surface area contributed by atoms with Gasteiger partial charge in [-0.25, -0.2) is 0 Å². The second-order valence-corrected chi connectivity index (χ2v) is 0. The van der Waals surface area contributed by atoms with E-state index in [4.69, 9.17) is 0 Å². The molecule has 0 amide bonds. The molecule has 0 aromatic carbocycles. The standard InChI is InChI=1S/Bi.Fe.H2O.Ta.3H/h;;1H2;;;;. The molecule has 0 aliphatic carbocycles. The van der Waals surface area contributed by atoms with Gasteiger partial charge in [-0.15, -0.1) is 0 Å². The molecule has 2 N–H and O–H groups in total. The van der Waals surface area contributed by atoms with E-state index in [1.165, 1.54) is 0 Å². The van der Waals surface area contributed by atoms with Crippen molar-refractivity contribution in [1.29, 1.82) is 0 Å². The predicted octanol–water partition coefficient (Wildman–Crippen LogP) is -2.01. The first-order valence-electron chi connectivity index (χ1n) is 0. The summed E-state index contributed by atoms with van der Waals surface area (Å²) in [4.78, 5) is 0. The topological polar surface area (TPSA) is 31.5 Å². The van der Waals surface area contributed by atoms with Crippen molar-refractivity contribution in [3.8, 4) is 0 Å². The summed E-state index contributed by atoms with van der Waals surface area (Å²) in [5, 5.41) is 0. The fourth-order valence-electron chi connectivity index (χ4n) is 0. The molecule has 0 unspecified atom stereocenters. The van der Waals surface area contributed by atoms with Crippen LogP contribution in [0, 0.1) is 0 Å². The molecule has 0 fully saturated rings. The summed E-state index contributed by atoms with van der Waals surface area (Å²) in [5.41, 5.74) is 0. The van der Waals surface area contributed by atoms with Crippen LogP contribution < -0.4 is 0 Å². The van der Waals surface area contributed by atoms with E-state index in [0.29, 0.717) is 0 Å². The Kier molecular flexibility index (Phi) is 175. The van der Waals surface area contributed by atoms with E-state index in [1.807, 2.05) is 0 Å². The van der Waals surface area contributed by atoms with E-state index < -0.39 is 0 Å². The van der Waals surface area contributed by atoms with Crippen LogP contribution in [0.1, 0.15) is 0 Å². The van der Waals surface area contributed by atoms with Crippen LogP contribution in [0.15, 0.2) is 0 Å². The Bertz CT molecular complexity index is 8.00. The predicted molar refractivity (Wildman–Crippen MR) is 13.6 cm³/mol. The average molecular weight is 467 g/mol. The number of rotatable bonds is 0. The van der Waals surface area contributed by atoms with E-state index in [9.17, 15) is 0 Å². The second kappa shape index (κ2) is 19.4. The van der Waals surface area contributed by atoms with Crippen LogP contribution in [0.5, 0.6) is 0 Å². The molecule has 4 heteroatoms. The largest absolute Gasteiger partial charge is 0 e. The monoisotopic (exact) mass is 467 g/mol. The van der Waals surface area contributed by atoms with Crippen LogP contribution in [0.3, 0.4) is 0 Å². The Morgan fingerprint density at radius 3 is 1.00 bits per heavy atom. The fourth-order valence-corrected chi connectivity index (χ4v) is 0. The van der Waals surface area contributed by atoms with Crippen LogP contribution in [0.25, 0.3) is 0 Å². The number of hydrogen-bond acceptors (Lipinski definition) is 0. The minimum atomic E-state index is 0. The van der Waals surface area contributed by atoms with Crippen molar-refractivity contribution in [2.24, 2.45) is 0 Å². The van der Waals surface area contributed by atoms with Crippen LogP contribution in [0.2, 0.25) is 0 Å². The first kappa shape index (κ1) is 35.9. The SMILES string of the molecule is O.[BiH3].[Fe].[Ta]. The molecule has 0 bridgehead atoms. The quantitative estimate of drug-likeness (QED) is 0.370. The molecule has 0 aliphatic rings. The van der Waals surface area contributed by atoms with Crippen molar-refractivity contribution in [3.63, 3.8) is 0 Å². The summed E-state index contributed by atoms with van der Waals surface area (Å²) in [6, 6.07) is 0. The van der Waals surface area contributed by atoms with Crippen LogP contribution >= 0.6 is 0 Å². The van der Waals surface area contributed by atoms with E-state index in [2.05, 4.69) is 0 Å². The van der Waals surface area contributed by atoms with Crippen LogP contribution in [-0.4, -0.2) is 31.7 Å². The van der Waals surface area contributed by atoms with Gasteiger partial charge in [0, 0.05) is 39.4 Å². The molecule has 1 radical (unpaired) electrons. The van der Waals surface area contributed by atoms with Gasteiger partial charge in [0.2, 0.25) is 0 Å². The smallest absolute Gasteiger partial charge is 0 e. The van der Waals surface area contributed by atoms with Crippen molar-refractivity contribution in [3.05, 3.63) is 0 Å². The van der Waals surface area contributed by atoms with Crippen molar-refractivity contribution >= 4 is 26.2 Å². The van der Waals surface area contributed by atoms with Crippen molar-refractivity contribution in [2.75, 3.05) is 0 Å². The Morgan fingerprint density at radius 1 is 1.00 bits per heavy atom. The first-order chi connectivity index (χ1) is 0. The minimum Gasteiger partial charge on any atom is 0 e. The Morgan fingerprint density at radius 2 is 1.00 bits per heavy atom. The van der Waals surface area contributed by atoms with E-state index in [1.54, 1.807) is 0 Å². The van der Waals surface area contributed by atoms with Gasteiger partial charge in [-0.1, -0.05) is 0 Å². The zero-order chi connectivity index (χ0) is 0. The summed E-state index contributed by atoms with van der Waals surface area (Å²) in [5.74, 6) is 0. The molecule has 0 aromatic heterocycles. The third kappa shape index (κ3) is 8.93. The maximum atomic E-state index is 0. The zero-order valence-electron chi connectivity index (χ0n) is 2.01. The fraction of sp³-hybridized carbons (Fsp3) is 0. The molecular weight excluding hydrogens is 462 g/mol. The van der Waals surface area contributed by atoms with Gasteiger partial charge < -0.3 is 5.48 Å². The van der Waals surface area contributed by atoms with Gasteiger partial charge in [0.25, 0.3) is 0 Å². The van der Waals surface area contributed by atoms with Gasteiger partial charge >= 0.3 is 26.2 Å². The molecule has 1 nitrogen and oxygen atoms in total. The minimum absolute atomic E-state index is 0. The van der Waals surface area contributed by atoms with Gasteiger partial charge in [-0.3, -0.25) is 0 Å². The molecule has 0 aromatic rings. The van der Waals surface area contributed by atoms with Crippen molar-refractivity contribution < 1.29 is 44.9 Å². The van der Waals surface area contributed by atoms with Gasteiger partial charge in [-0.05, 0) is 0 Å².